The van der Waals surface area contributed by atoms with Crippen molar-refractivity contribution in [2.24, 2.45) is 7.05 Å². The van der Waals surface area contributed by atoms with E-state index in [2.05, 4.69) is 0 Å². The number of para-hydroxylation sites is 1. The smallest absolute Gasteiger partial charge is 0.327 e. The van der Waals surface area contributed by atoms with Gasteiger partial charge in [-0.15, -0.1) is 11.8 Å². The van der Waals surface area contributed by atoms with Gasteiger partial charge in [0.2, 0.25) is 0 Å². The van der Waals surface area contributed by atoms with Crippen molar-refractivity contribution in [1.82, 2.24) is 4.57 Å². The Hall–Kier alpha value is -2.08. The van der Waals surface area contributed by atoms with Crippen LogP contribution in [0.5, 0.6) is 0 Å². The van der Waals surface area contributed by atoms with Crippen molar-refractivity contribution in [3.63, 3.8) is 0 Å². The summed E-state index contributed by atoms with van der Waals surface area (Å²) >= 11 is 1.11. The van der Waals surface area contributed by atoms with Crippen molar-refractivity contribution in [1.29, 1.82) is 0 Å². The number of ether oxygens (including phenoxy) is 1. The number of thioether (sulfide) groups is 1. The minimum atomic E-state index is -0.974. The fourth-order valence-electron chi connectivity index (χ4n) is 2.48. The Labute approximate surface area is 124 Å². The molecule has 108 valence electrons. The second kappa shape index (κ2) is 5.04. The zero-order chi connectivity index (χ0) is 15.1. The molecule has 2 aromatic rings. The van der Waals surface area contributed by atoms with Crippen molar-refractivity contribution in [3.05, 3.63) is 40.2 Å². The second-order valence-corrected chi connectivity index (χ2v) is 5.81. The molecule has 3 rings (SSSR count). The zero-order valence-electron chi connectivity index (χ0n) is 11.6. The fraction of sp³-hybridized carbons (Fsp3) is 0.267. The highest BCUT2D eigenvalue weighted by atomic mass is 32.2. The van der Waals surface area contributed by atoms with Gasteiger partial charge in [0.1, 0.15) is 0 Å². The first-order chi connectivity index (χ1) is 10.1. The maximum Gasteiger partial charge on any atom is 0.327 e. The molecular formula is C15H13NO4S. The standard InChI is InChI=1S/C15H13NO4S/c1-3-20-15(19)13-11(17)10-12(21-13)8-6-4-5-7-9(8)16(2)14(10)18/h4-7,13H,3H2,1-2H3/t13-/m1/s1. The van der Waals surface area contributed by atoms with Crippen LogP contribution in [0, 0.1) is 0 Å². The van der Waals surface area contributed by atoms with Crippen LogP contribution >= 0.6 is 11.8 Å². The normalized spacial score (nSPS) is 17.0. The van der Waals surface area contributed by atoms with E-state index in [1.165, 1.54) is 4.57 Å². The first-order valence-electron chi connectivity index (χ1n) is 6.55. The molecule has 0 spiro atoms. The monoisotopic (exact) mass is 303 g/mol. The Kier molecular flexibility index (Phi) is 3.33. The number of carbonyl (C=O) groups excluding carboxylic acids is 2. The van der Waals surface area contributed by atoms with Crippen LogP contribution < -0.4 is 5.56 Å². The molecule has 0 fully saturated rings. The molecule has 0 amide bonds. The Morgan fingerprint density at radius 1 is 1.33 bits per heavy atom. The van der Waals surface area contributed by atoms with Gasteiger partial charge in [-0.05, 0) is 13.0 Å². The number of ketones is 1. The average molecular weight is 303 g/mol. The maximum atomic E-state index is 12.4. The number of aryl methyl sites for hydroxylation is 1. The summed E-state index contributed by atoms with van der Waals surface area (Å²) in [6, 6.07) is 7.34. The van der Waals surface area contributed by atoms with Gasteiger partial charge in [-0.2, -0.15) is 0 Å². The van der Waals surface area contributed by atoms with E-state index >= 15 is 0 Å². The highest BCUT2D eigenvalue weighted by Gasteiger charge is 2.41. The Morgan fingerprint density at radius 3 is 2.76 bits per heavy atom. The van der Waals surface area contributed by atoms with E-state index in [0.717, 1.165) is 22.7 Å². The topological polar surface area (TPSA) is 65.4 Å². The maximum absolute atomic E-state index is 12.4. The third-order valence-corrected chi connectivity index (χ3v) is 4.78. The number of pyridine rings is 1. The molecule has 5 nitrogen and oxygen atoms in total. The Bertz CT molecular complexity index is 824. The predicted molar refractivity (Wildman–Crippen MR) is 79.8 cm³/mol. The zero-order valence-corrected chi connectivity index (χ0v) is 12.4. The van der Waals surface area contributed by atoms with E-state index in [1.54, 1.807) is 14.0 Å². The fourth-order valence-corrected chi connectivity index (χ4v) is 3.71. The number of nitrogens with zero attached hydrogens (tertiary/aromatic N) is 1. The van der Waals surface area contributed by atoms with Crippen molar-refractivity contribution in [2.45, 2.75) is 17.1 Å². The van der Waals surface area contributed by atoms with Crippen LogP contribution in [0.2, 0.25) is 0 Å². The van der Waals surface area contributed by atoms with Gasteiger partial charge in [0.05, 0.1) is 17.7 Å². The summed E-state index contributed by atoms with van der Waals surface area (Å²) in [6.07, 6.45) is 0. The number of hydrogen-bond donors (Lipinski definition) is 0. The molecule has 1 aliphatic heterocycles. The lowest BCUT2D eigenvalue weighted by molar-refractivity contribution is -0.141. The summed E-state index contributed by atoms with van der Waals surface area (Å²) < 4.78 is 6.36. The quantitative estimate of drug-likeness (QED) is 0.625. The number of benzene rings is 1. The Balaban J connectivity index is 2.23. The van der Waals surface area contributed by atoms with Crippen LogP contribution in [-0.4, -0.2) is 28.2 Å². The van der Waals surface area contributed by atoms with E-state index in [4.69, 9.17) is 4.74 Å². The van der Waals surface area contributed by atoms with E-state index in [0.29, 0.717) is 4.90 Å². The molecule has 0 saturated heterocycles. The first-order valence-corrected chi connectivity index (χ1v) is 7.43. The van der Waals surface area contributed by atoms with Crippen molar-refractivity contribution in [2.75, 3.05) is 6.61 Å². The summed E-state index contributed by atoms with van der Waals surface area (Å²) in [5, 5.41) is -0.168. The van der Waals surface area contributed by atoms with E-state index in [-0.39, 0.29) is 17.7 Å². The highest BCUT2D eigenvalue weighted by molar-refractivity contribution is 8.02. The van der Waals surface area contributed by atoms with Crippen molar-refractivity contribution in [3.8, 4) is 0 Å². The van der Waals surface area contributed by atoms with Crippen LogP contribution in [0.4, 0.5) is 0 Å². The Morgan fingerprint density at radius 2 is 2.05 bits per heavy atom. The highest BCUT2D eigenvalue weighted by Crippen LogP contribution is 2.40. The van der Waals surface area contributed by atoms with Gasteiger partial charge in [0, 0.05) is 17.3 Å². The molecule has 6 heteroatoms. The van der Waals surface area contributed by atoms with Crippen LogP contribution in [0.15, 0.2) is 34.0 Å². The molecule has 0 saturated carbocycles. The minimum absolute atomic E-state index is 0.0965. The summed E-state index contributed by atoms with van der Waals surface area (Å²) in [4.78, 5) is 37.2. The molecule has 0 aliphatic carbocycles. The second-order valence-electron chi connectivity index (χ2n) is 4.70. The summed E-state index contributed by atoms with van der Waals surface area (Å²) in [5.74, 6) is -1.05. The average Bonchev–Trinajstić information content (AvgIpc) is 2.83. The van der Waals surface area contributed by atoms with Gasteiger partial charge >= 0.3 is 5.97 Å². The van der Waals surface area contributed by atoms with Crippen LogP contribution in [-0.2, 0) is 16.6 Å². The van der Waals surface area contributed by atoms with Gasteiger partial charge < -0.3 is 9.30 Å². The number of carbonyl (C=O) groups is 2. The van der Waals surface area contributed by atoms with E-state index in [9.17, 15) is 14.4 Å². The minimum Gasteiger partial charge on any atom is -0.465 e. The van der Waals surface area contributed by atoms with Crippen molar-refractivity contribution >= 4 is 34.4 Å². The molecular weight excluding hydrogens is 290 g/mol. The number of fused-ring (bicyclic) bond motifs is 3. The SMILES string of the molecule is CCOC(=O)[C@@H]1Sc2c(c(=O)n(C)c3ccccc23)C1=O. The van der Waals surface area contributed by atoms with Crippen LogP contribution in [0.25, 0.3) is 10.9 Å². The van der Waals surface area contributed by atoms with Gasteiger partial charge in [0.15, 0.2) is 11.0 Å². The van der Waals surface area contributed by atoms with Crippen molar-refractivity contribution < 1.29 is 14.3 Å². The molecule has 0 N–H and O–H groups in total. The van der Waals surface area contributed by atoms with Gasteiger partial charge in [0.25, 0.3) is 5.56 Å². The molecule has 21 heavy (non-hydrogen) atoms. The number of esters is 1. The van der Waals surface area contributed by atoms with E-state index in [1.807, 2.05) is 24.3 Å². The largest absolute Gasteiger partial charge is 0.465 e. The van der Waals surface area contributed by atoms with Crippen LogP contribution in [0.1, 0.15) is 17.3 Å². The first kappa shape index (κ1) is 13.9. The number of Topliss-reactive ketones (excluding diaryl/α,β-unsaturated/α-hetero) is 1. The lowest BCUT2D eigenvalue weighted by Gasteiger charge is -2.08. The molecule has 1 aliphatic rings. The third kappa shape index (κ3) is 1.98. The lowest BCUT2D eigenvalue weighted by Crippen LogP contribution is -2.30. The van der Waals surface area contributed by atoms with Gasteiger partial charge in [-0.1, -0.05) is 18.2 Å². The number of aromatic nitrogens is 1. The van der Waals surface area contributed by atoms with E-state index < -0.39 is 17.0 Å². The molecule has 1 aromatic carbocycles. The summed E-state index contributed by atoms with van der Waals surface area (Å²) in [7, 11) is 1.63. The molecule has 1 atom stereocenters. The molecule has 0 radical (unpaired) electrons. The molecule has 1 aromatic heterocycles. The molecule has 0 unspecified atom stereocenters. The third-order valence-electron chi connectivity index (χ3n) is 3.48. The predicted octanol–water partition coefficient (Wildman–Crippen LogP) is 1.76. The summed E-state index contributed by atoms with van der Waals surface area (Å²) in [6.45, 7) is 1.89. The van der Waals surface area contributed by atoms with Gasteiger partial charge in [-0.25, -0.2) is 0 Å². The molecule has 0 bridgehead atoms. The number of hydrogen-bond acceptors (Lipinski definition) is 5. The molecule has 2 heterocycles. The number of rotatable bonds is 2. The lowest BCUT2D eigenvalue weighted by atomic mass is 10.1. The summed E-state index contributed by atoms with van der Waals surface area (Å²) in [5.41, 5.74) is 0.471. The van der Waals surface area contributed by atoms with Gasteiger partial charge in [-0.3, -0.25) is 14.4 Å². The van der Waals surface area contributed by atoms with Crippen LogP contribution in [0.3, 0.4) is 0 Å².